The van der Waals surface area contributed by atoms with E-state index in [4.69, 9.17) is 11.6 Å². The van der Waals surface area contributed by atoms with Crippen LogP contribution in [-0.4, -0.2) is 32.8 Å². The SMILES string of the molecule is O=C(NCCCl)[C@@H](Cc1ccccc1)NS(=O)(=O)c1ccc(I)cc1. The van der Waals surface area contributed by atoms with Crippen LogP contribution in [0.1, 0.15) is 5.56 Å². The molecule has 0 aliphatic heterocycles. The van der Waals surface area contributed by atoms with E-state index in [1.165, 1.54) is 12.1 Å². The molecule has 0 heterocycles. The normalized spacial score (nSPS) is 12.6. The van der Waals surface area contributed by atoms with Gasteiger partial charge in [-0.25, -0.2) is 8.42 Å². The molecule has 1 atom stereocenters. The minimum atomic E-state index is -3.81. The summed E-state index contributed by atoms with van der Waals surface area (Å²) in [7, 11) is -3.81. The lowest BCUT2D eigenvalue weighted by atomic mass is 10.1. The first-order valence-electron chi connectivity index (χ1n) is 7.58. The lowest BCUT2D eigenvalue weighted by Gasteiger charge is -2.18. The highest BCUT2D eigenvalue weighted by molar-refractivity contribution is 14.1. The number of amides is 1. The molecule has 2 N–H and O–H groups in total. The second-order valence-electron chi connectivity index (χ2n) is 5.30. The van der Waals surface area contributed by atoms with Crippen molar-refractivity contribution in [1.29, 1.82) is 0 Å². The quantitative estimate of drug-likeness (QED) is 0.439. The molecule has 1 amide bonds. The second kappa shape index (κ2) is 9.51. The Bertz CT molecular complexity index is 798. The maximum atomic E-state index is 12.6. The minimum absolute atomic E-state index is 0.121. The molecule has 2 aromatic rings. The van der Waals surface area contributed by atoms with Crippen molar-refractivity contribution in [2.24, 2.45) is 0 Å². The number of carbonyl (C=O) groups is 1. The van der Waals surface area contributed by atoms with E-state index in [2.05, 4.69) is 32.6 Å². The van der Waals surface area contributed by atoms with Crippen LogP contribution in [-0.2, 0) is 21.2 Å². The van der Waals surface area contributed by atoms with Crippen molar-refractivity contribution in [3.05, 3.63) is 63.7 Å². The van der Waals surface area contributed by atoms with Gasteiger partial charge < -0.3 is 5.32 Å². The number of halogens is 2. The molecule has 0 aliphatic carbocycles. The summed E-state index contributed by atoms with van der Waals surface area (Å²) in [5, 5.41) is 2.64. The maximum Gasteiger partial charge on any atom is 0.241 e. The summed E-state index contributed by atoms with van der Waals surface area (Å²) in [6, 6.07) is 14.8. The molecule has 0 aromatic heterocycles. The molecule has 0 saturated heterocycles. The van der Waals surface area contributed by atoms with Crippen LogP contribution in [0.3, 0.4) is 0 Å². The average Bonchev–Trinajstić information content (AvgIpc) is 2.60. The van der Waals surface area contributed by atoms with E-state index in [0.717, 1.165) is 9.13 Å². The molecule has 0 spiro atoms. The summed E-state index contributed by atoms with van der Waals surface area (Å²) in [4.78, 5) is 12.5. The Balaban J connectivity index is 2.22. The number of hydrogen-bond acceptors (Lipinski definition) is 3. The van der Waals surface area contributed by atoms with Crippen LogP contribution < -0.4 is 10.0 Å². The molecule has 5 nitrogen and oxygen atoms in total. The molecule has 0 saturated carbocycles. The van der Waals surface area contributed by atoms with Crippen LogP contribution in [0.15, 0.2) is 59.5 Å². The molecule has 2 aromatic carbocycles. The van der Waals surface area contributed by atoms with Crippen molar-refractivity contribution < 1.29 is 13.2 Å². The van der Waals surface area contributed by atoms with E-state index in [0.29, 0.717) is 0 Å². The molecule has 0 fully saturated rings. The van der Waals surface area contributed by atoms with Crippen molar-refractivity contribution in [1.82, 2.24) is 10.0 Å². The second-order valence-corrected chi connectivity index (χ2v) is 8.64. The monoisotopic (exact) mass is 492 g/mol. The van der Waals surface area contributed by atoms with Gasteiger partial charge in [-0.05, 0) is 58.8 Å². The van der Waals surface area contributed by atoms with Gasteiger partial charge in [0.2, 0.25) is 15.9 Å². The molecule has 25 heavy (non-hydrogen) atoms. The van der Waals surface area contributed by atoms with Gasteiger partial charge in [-0.3, -0.25) is 4.79 Å². The van der Waals surface area contributed by atoms with E-state index in [1.807, 2.05) is 30.3 Å². The van der Waals surface area contributed by atoms with Gasteiger partial charge in [0.1, 0.15) is 6.04 Å². The van der Waals surface area contributed by atoms with Gasteiger partial charge >= 0.3 is 0 Å². The van der Waals surface area contributed by atoms with Gasteiger partial charge in [0.15, 0.2) is 0 Å². The average molecular weight is 493 g/mol. The van der Waals surface area contributed by atoms with Gasteiger partial charge in [-0.15, -0.1) is 11.6 Å². The van der Waals surface area contributed by atoms with E-state index in [-0.39, 0.29) is 23.7 Å². The third-order valence-corrected chi connectivity index (χ3v) is 5.81. The lowest BCUT2D eigenvalue weighted by molar-refractivity contribution is -0.122. The van der Waals surface area contributed by atoms with Crippen LogP contribution in [0, 0.1) is 3.57 Å². The fraction of sp³-hybridized carbons (Fsp3) is 0.235. The summed E-state index contributed by atoms with van der Waals surface area (Å²) in [5.41, 5.74) is 0.860. The van der Waals surface area contributed by atoms with Crippen molar-refractivity contribution in [3.63, 3.8) is 0 Å². The van der Waals surface area contributed by atoms with E-state index >= 15 is 0 Å². The molecule has 2 rings (SSSR count). The van der Waals surface area contributed by atoms with Crippen LogP contribution in [0.25, 0.3) is 0 Å². The predicted octanol–water partition coefficient (Wildman–Crippen LogP) is 2.54. The summed E-state index contributed by atoms with van der Waals surface area (Å²) in [6.07, 6.45) is 0.249. The number of nitrogens with one attached hydrogen (secondary N) is 2. The Morgan fingerprint density at radius 3 is 2.32 bits per heavy atom. The third-order valence-electron chi connectivity index (χ3n) is 3.41. The van der Waals surface area contributed by atoms with E-state index < -0.39 is 22.0 Å². The predicted molar refractivity (Wildman–Crippen MR) is 107 cm³/mol. The fourth-order valence-electron chi connectivity index (χ4n) is 2.20. The Hall–Kier alpha value is -1.16. The number of carbonyl (C=O) groups excluding carboxylic acids is 1. The van der Waals surface area contributed by atoms with E-state index in [9.17, 15) is 13.2 Å². The molecular weight excluding hydrogens is 475 g/mol. The highest BCUT2D eigenvalue weighted by atomic mass is 127. The van der Waals surface area contributed by atoms with Crippen LogP contribution >= 0.6 is 34.2 Å². The smallest absolute Gasteiger partial charge is 0.241 e. The molecule has 0 bridgehead atoms. The molecule has 8 heteroatoms. The van der Waals surface area contributed by atoms with Gasteiger partial charge in [0.05, 0.1) is 4.90 Å². The van der Waals surface area contributed by atoms with Gasteiger partial charge in [0.25, 0.3) is 0 Å². The van der Waals surface area contributed by atoms with Crippen LogP contribution in [0.4, 0.5) is 0 Å². The lowest BCUT2D eigenvalue weighted by Crippen LogP contribution is -2.48. The third kappa shape index (κ3) is 6.25. The number of sulfonamides is 1. The van der Waals surface area contributed by atoms with Gasteiger partial charge in [-0.2, -0.15) is 4.72 Å². The van der Waals surface area contributed by atoms with E-state index in [1.54, 1.807) is 12.1 Å². The summed E-state index contributed by atoms with van der Waals surface area (Å²) < 4.78 is 28.6. The number of benzene rings is 2. The first-order valence-corrected chi connectivity index (χ1v) is 10.7. The van der Waals surface area contributed by atoms with Crippen molar-refractivity contribution >= 4 is 50.1 Å². The summed E-state index contributed by atoms with van der Waals surface area (Å²) >= 11 is 7.70. The Labute approximate surface area is 166 Å². The Morgan fingerprint density at radius 1 is 1.08 bits per heavy atom. The zero-order chi connectivity index (χ0) is 18.3. The van der Waals surface area contributed by atoms with Gasteiger partial charge in [0, 0.05) is 16.0 Å². The molecule has 134 valence electrons. The van der Waals surface area contributed by atoms with Gasteiger partial charge in [-0.1, -0.05) is 30.3 Å². The standard InChI is InChI=1S/C17H18ClIN2O3S/c18-10-11-20-17(22)16(12-13-4-2-1-3-5-13)21-25(23,24)15-8-6-14(19)7-9-15/h1-9,16,21H,10-12H2,(H,20,22)/t16-/m1/s1. The topological polar surface area (TPSA) is 75.3 Å². The first kappa shape index (κ1) is 20.2. The fourth-order valence-corrected chi connectivity index (χ4v) is 3.85. The number of hydrogen-bond donors (Lipinski definition) is 2. The van der Waals surface area contributed by atoms with Crippen molar-refractivity contribution in [3.8, 4) is 0 Å². The number of rotatable bonds is 8. The Morgan fingerprint density at radius 2 is 1.72 bits per heavy atom. The zero-order valence-electron chi connectivity index (χ0n) is 13.3. The summed E-state index contributed by atoms with van der Waals surface area (Å²) in [6.45, 7) is 0.275. The number of alkyl halides is 1. The highest BCUT2D eigenvalue weighted by Gasteiger charge is 2.25. The first-order chi connectivity index (χ1) is 11.9. The van der Waals surface area contributed by atoms with Crippen molar-refractivity contribution in [2.75, 3.05) is 12.4 Å². The zero-order valence-corrected chi connectivity index (χ0v) is 17.0. The van der Waals surface area contributed by atoms with Crippen LogP contribution in [0.2, 0.25) is 0 Å². The van der Waals surface area contributed by atoms with Crippen molar-refractivity contribution in [2.45, 2.75) is 17.4 Å². The largest absolute Gasteiger partial charge is 0.354 e. The molecule has 0 aliphatic rings. The van der Waals surface area contributed by atoms with Crippen LogP contribution in [0.5, 0.6) is 0 Å². The molecular formula is C17H18ClIN2O3S. The summed E-state index contributed by atoms with van der Waals surface area (Å²) in [5.74, 6) is -0.146. The molecule has 0 unspecified atom stereocenters. The maximum absolute atomic E-state index is 12.6. The highest BCUT2D eigenvalue weighted by Crippen LogP contribution is 2.13. The molecule has 0 radical (unpaired) electrons. The minimum Gasteiger partial charge on any atom is -0.354 e. The Kier molecular flexibility index (Phi) is 7.67.